The van der Waals surface area contributed by atoms with E-state index < -0.39 is 15.8 Å². The van der Waals surface area contributed by atoms with E-state index in [0.29, 0.717) is 21.1 Å². The SMILES string of the molecule is Cc1sc(-c2nc(-c3cccc(F)c3)no2)cc1S(=O)(=O)N(C)Cc1ccco1. The number of nitrogens with zero attached hydrogens (tertiary/aromatic N) is 3. The summed E-state index contributed by atoms with van der Waals surface area (Å²) in [5.41, 5.74) is 0.472. The standard InChI is InChI=1S/C19H16FN3O4S2/c1-12-17(29(24,25)23(2)11-15-7-4-8-26-15)10-16(28-12)19-21-18(22-27-19)13-5-3-6-14(20)9-13/h3-10H,11H2,1-2H3. The van der Waals surface area contributed by atoms with Crippen molar-refractivity contribution in [1.82, 2.24) is 14.4 Å². The highest BCUT2D eigenvalue weighted by atomic mass is 32.2. The molecular weight excluding hydrogens is 417 g/mol. The molecule has 0 aliphatic carbocycles. The van der Waals surface area contributed by atoms with Crippen LogP contribution in [0.15, 0.2) is 62.6 Å². The zero-order valence-corrected chi connectivity index (χ0v) is 17.1. The number of hydrogen-bond acceptors (Lipinski definition) is 7. The minimum Gasteiger partial charge on any atom is -0.468 e. The van der Waals surface area contributed by atoms with Crippen molar-refractivity contribution in [1.29, 1.82) is 0 Å². The summed E-state index contributed by atoms with van der Waals surface area (Å²) >= 11 is 1.23. The number of benzene rings is 1. The molecule has 0 aliphatic rings. The lowest BCUT2D eigenvalue weighted by molar-refractivity contribution is 0.406. The molecule has 150 valence electrons. The highest BCUT2D eigenvalue weighted by Gasteiger charge is 2.27. The first kappa shape index (κ1) is 19.5. The summed E-state index contributed by atoms with van der Waals surface area (Å²) in [6.45, 7) is 1.83. The fraction of sp³-hybridized carbons (Fsp3) is 0.158. The normalized spacial score (nSPS) is 12.0. The molecule has 0 aliphatic heterocycles. The van der Waals surface area contributed by atoms with Gasteiger partial charge in [-0.05, 0) is 37.3 Å². The van der Waals surface area contributed by atoms with E-state index in [2.05, 4.69) is 10.1 Å². The van der Waals surface area contributed by atoms with Crippen molar-refractivity contribution < 1.29 is 21.7 Å². The lowest BCUT2D eigenvalue weighted by Crippen LogP contribution is -2.26. The first-order valence-corrected chi connectivity index (χ1v) is 10.8. The molecule has 4 aromatic rings. The molecule has 0 N–H and O–H groups in total. The molecule has 0 atom stereocenters. The minimum absolute atomic E-state index is 0.115. The molecule has 0 amide bonds. The Hall–Kier alpha value is -2.82. The molecule has 4 rings (SSSR count). The fourth-order valence-corrected chi connectivity index (χ4v) is 5.39. The molecule has 29 heavy (non-hydrogen) atoms. The van der Waals surface area contributed by atoms with E-state index in [1.165, 1.54) is 47.2 Å². The van der Waals surface area contributed by atoms with Crippen LogP contribution in [0.3, 0.4) is 0 Å². The average Bonchev–Trinajstić information content (AvgIpc) is 3.42. The van der Waals surface area contributed by atoms with Gasteiger partial charge in [-0.2, -0.15) is 9.29 Å². The average molecular weight is 433 g/mol. The number of hydrogen-bond donors (Lipinski definition) is 0. The Kier molecular flexibility index (Phi) is 5.07. The van der Waals surface area contributed by atoms with Crippen molar-refractivity contribution in [3.05, 3.63) is 65.2 Å². The van der Waals surface area contributed by atoms with Crippen LogP contribution >= 0.6 is 11.3 Å². The van der Waals surface area contributed by atoms with Crippen molar-refractivity contribution in [3.63, 3.8) is 0 Å². The molecular formula is C19H16FN3O4S2. The fourth-order valence-electron chi connectivity index (χ4n) is 2.77. The largest absolute Gasteiger partial charge is 0.468 e. The molecule has 0 fully saturated rings. The predicted octanol–water partition coefficient (Wildman–Crippen LogP) is 4.33. The first-order valence-electron chi connectivity index (χ1n) is 8.54. The third-order valence-corrected chi connectivity index (χ3v) is 7.34. The summed E-state index contributed by atoms with van der Waals surface area (Å²) in [6, 6.07) is 10.8. The highest BCUT2D eigenvalue weighted by Crippen LogP contribution is 2.35. The summed E-state index contributed by atoms with van der Waals surface area (Å²) in [7, 11) is -2.25. The summed E-state index contributed by atoms with van der Waals surface area (Å²) in [5, 5.41) is 3.87. The highest BCUT2D eigenvalue weighted by molar-refractivity contribution is 7.89. The van der Waals surface area contributed by atoms with Gasteiger partial charge in [-0.25, -0.2) is 12.8 Å². The second-order valence-corrected chi connectivity index (χ2v) is 9.57. The van der Waals surface area contributed by atoms with Crippen molar-refractivity contribution in [2.75, 3.05) is 7.05 Å². The van der Waals surface area contributed by atoms with E-state index in [-0.39, 0.29) is 23.2 Å². The third-order valence-electron chi connectivity index (χ3n) is 4.24. The van der Waals surface area contributed by atoms with Gasteiger partial charge in [-0.15, -0.1) is 11.3 Å². The van der Waals surface area contributed by atoms with E-state index in [0.717, 1.165) is 0 Å². The molecule has 0 spiro atoms. The zero-order valence-electron chi connectivity index (χ0n) is 15.5. The van der Waals surface area contributed by atoms with Gasteiger partial charge >= 0.3 is 0 Å². The number of halogens is 1. The van der Waals surface area contributed by atoms with Gasteiger partial charge in [-0.1, -0.05) is 17.3 Å². The van der Waals surface area contributed by atoms with Gasteiger partial charge in [0.05, 0.1) is 22.6 Å². The molecule has 10 heteroatoms. The van der Waals surface area contributed by atoms with Gasteiger partial charge in [0.15, 0.2) is 0 Å². The number of aryl methyl sites for hydroxylation is 1. The Morgan fingerprint density at radius 3 is 2.76 bits per heavy atom. The molecule has 0 saturated heterocycles. The molecule has 1 aromatic carbocycles. The molecule has 3 heterocycles. The maximum absolute atomic E-state index is 13.4. The Balaban J connectivity index is 1.63. The van der Waals surface area contributed by atoms with Crippen molar-refractivity contribution in [2.45, 2.75) is 18.4 Å². The quantitative estimate of drug-likeness (QED) is 0.450. The van der Waals surface area contributed by atoms with Gasteiger partial charge in [0.1, 0.15) is 11.6 Å². The predicted molar refractivity (Wildman–Crippen MR) is 105 cm³/mol. The summed E-state index contributed by atoms with van der Waals surface area (Å²) in [6.07, 6.45) is 1.50. The lowest BCUT2D eigenvalue weighted by Gasteiger charge is -2.15. The van der Waals surface area contributed by atoms with Crippen molar-refractivity contribution in [3.8, 4) is 22.2 Å². The maximum Gasteiger partial charge on any atom is 0.268 e. The van der Waals surface area contributed by atoms with E-state index >= 15 is 0 Å². The number of furan rings is 1. The number of aromatic nitrogens is 2. The van der Waals surface area contributed by atoms with Crippen molar-refractivity contribution in [2.24, 2.45) is 0 Å². The minimum atomic E-state index is -3.74. The molecule has 3 aromatic heterocycles. The van der Waals surface area contributed by atoms with Crippen LogP contribution in [0.2, 0.25) is 0 Å². The van der Waals surface area contributed by atoms with Crippen LogP contribution in [0.1, 0.15) is 10.6 Å². The van der Waals surface area contributed by atoms with Gasteiger partial charge < -0.3 is 8.94 Å². The zero-order chi connectivity index (χ0) is 20.6. The van der Waals surface area contributed by atoms with Crippen LogP contribution in [0.4, 0.5) is 4.39 Å². The van der Waals surface area contributed by atoms with Gasteiger partial charge in [0.25, 0.3) is 5.89 Å². The van der Waals surface area contributed by atoms with Crippen LogP contribution in [-0.2, 0) is 16.6 Å². The third kappa shape index (κ3) is 3.86. The molecule has 0 saturated carbocycles. The van der Waals surface area contributed by atoms with Crippen LogP contribution in [0.25, 0.3) is 22.2 Å². The second-order valence-electron chi connectivity index (χ2n) is 6.31. The molecule has 0 bridgehead atoms. The van der Waals surface area contributed by atoms with Crippen LogP contribution in [0.5, 0.6) is 0 Å². The van der Waals surface area contributed by atoms with Crippen LogP contribution < -0.4 is 0 Å². The molecule has 0 unspecified atom stereocenters. The van der Waals surface area contributed by atoms with E-state index in [4.69, 9.17) is 8.94 Å². The van der Waals surface area contributed by atoms with Gasteiger partial charge in [0.2, 0.25) is 15.8 Å². The molecule has 0 radical (unpaired) electrons. The monoisotopic (exact) mass is 433 g/mol. The Morgan fingerprint density at radius 2 is 2.03 bits per heavy atom. The second kappa shape index (κ2) is 7.54. The Labute approximate surface area is 170 Å². The summed E-state index contributed by atoms with van der Waals surface area (Å²) in [4.78, 5) is 5.55. The Bertz CT molecular complexity index is 1250. The van der Waals surface area contributed by atoms with Gasteiger partial charge in [0, 0.05) is 17.5 Å². The lowest BCUT2D eigenvalue weighted by atomic mass is 10.2. The van der Waals surface area contributed by atoms with E-state index in [1.807, 2.05) is 0 Å². The smallest absolute Gasteiger partial charge is 0.268 e. The van der Waals surface area contributed by atoms with E-state index in [9.17, 15) is 12.8 Å². The molecule has 7 nitrogen and oxygen atoms in total. The number of rotatable bonds is 6. The van der Waals surface area contributed by atoms with Crippen LogP contribution in [-0.4, -0.2) is 29.9 Å². The topological polar surface area (TPSA) is 89.4 Å². The maximum atomic E-state index is 13.4. The van der Waals surface area contributed by atoms with Crippen LogP contribution in [0, 0.1) is 12.7 Å². The number of thiophene rings is 1. The Morgan fingerprint density at radius 1 is 1.21 bits per heavy atom. The van der Waals surface area contributed by atoms with E-state index in [1.54, 1.807) is 31.2 Å². The van der Waals surface area contributed by atoms with Gasteiger partial charge in [-0.3, -0.25) is 0 Å². The summed E-state index contributed by atoms with van der Waals surface area (Å²) < 4.78 is 51.1. The van der Waals surface area contributed by atoms with Crippen molar-refractivity contribution >= 4 is 21.4 Å². The number of sulfonamides is 1. The first-order chi connectivity index (χ1) is 13.8. The summed E-state index contributed by atoms with van der Waals surface area (Å²) in [5.74, 6) is 0.534.